The van der Waals surface area contributed by atoms with Gasteiger partial charge in [-0.1, -0.05) is 18.2 Å². The third-order valence-corrected chi connectivity index (χ3v) is 4.30. The van der Waals surface area contributed by atoms with E-state index in [-0.39, 0.29) is 19.1 Å². The summed E-state index contributed by atoms with van der Waals surface area (Å²) in [6.45, 7) is 1.15. The first-order valence-corrected chi connectivity index (χ1v) is 9.45. The third kappa shape index (κ3) is 7.61. The Hall–Kier alpha value is -1.63. The Morgan fingerprint density at radius 2 is 1.59 bits per heavy atom. The lowest BCUT2D eigenvalue weighted by Crippen LogP contribution is -2.59. The quantitative estimate of drug-likeness (QED) is 0.251. The van der Waals surface area contributed by atoms with E-state index in [2.05, 4.69) is 5.32 Å². The monoisotopic (exact) mass is 415 g/mol. The number of aliphatic hydroxyl groups is 4. The molecular formula is C19H29NO9. The van der Waals surface area contributed by atoms with Gasteiger partial charge in [-0.05, 0) is 12.1 Å². The van der Waals surface area contributed by atoms with Crippen LogP contribution in [0.2, 0.25) is 0 Å². The SMILES string of the molecule is O=C(NCCOCCOCCO[C@H]1OC(CO)[C@@H](O)C(O)[C@H]1O)c1ccccc1. The molecule has 1 fully saturated rings. The molecule has 29 heavy (non-hydrogen) atoms. The largest absolute Gasteiger partial charge is 0.394 e. The van der Waals surface area contributed by atoms with E-state index < -0.39 is 37.3 Å². The Bertz CT molecular complexity index is 586. The molecule has 2 rings (SSSR count). The van der Waals surface area contributed by atoms with Gasteiger partial charge < -0.3 is 44.7 Å². The number of hydrogen-bond donors (Lipinski definition) is 5. The molecule has 5 N–H and O–H groups in total. The average Bonchev–Trinajstić information content (AvgIpc) is 2.75. The Morgan fingerprint density at radius 3 is 2.28 bits per heavy atom. The van der Waals surface area contributed by atoms with Crippen LogP contribution in [0, 0.1) is 0 Å². The molecule has 0 aliphatic carbocycles. The molecule has 2 unspecified atom stereocenters. The number of carbonyl (C=O) groups excluding carboxylic acids is 1. The van der Waals surface area contributed by atoms with Crippen LogP contribution in [0.3, 0.4) is 0 Å². The lowest BCUT2D eigenvalue weighted by molar-refractivity contribution is -0.302. The number of nitrogens with one attached hydrogen (secondary N) is 1. The molecule has 0 aromatic heterocycles. The standard InChI is InChI=1S/C19H29NO9/c21-12-14-15(22)16(23)17(24)19(29-14)28-11-10-27-9-8-26-7-6-20-18(25)13-4-2-1-3-5-13/h1-5,14-17,19,21-24H,6-12H2,(H,20,25)/t14?,15-,16?,17-,19+/m1/s1. The van der Waals surface area contributed by atoms with Gasteiger partial charge in [0.15, 0.2) is 6.29 Å². The lowest BCUT2D eigenvalue weighted by Gasteiger charge is -2.39. The number of amides is 1. The molecule has 0 radical (unpaired) electrons. The van der Waals surface area contributed by atoms with Crippen LogP contribution < -0.4 is 5.32 Å². The van der Waals surface area contributed by atoms with Crippen LogP contribution in [0.1, 0.15) is 10.4 Å². The molecule has 1 aliphatic rings. The summed E-state index contributed by atoms with van der Waals surface area (Å²) in [6.07, 6.45) is -6.49. The second-order valence-electron chi connectivity index (χ2n) is 6.41. The molecule has 0 bridgehead atoms. The predicted octanol–water partition coefficient (Wildman–Crippen LogP) is -1.73. The van der Waals surface area contributed by atoms with Gasteiger partial charge >= 0.3 is 0 Å². The van der Waals surface area contributed by atoms with Crippen LogP contribution in [0.15, 0.2) is 30.3 Å². The Balaban J connectivity index is 1.46. The van der Waals surface area contributed by atoms with Crippen LogP contribution in [0.5, 0.6) is 0 Å². The fraction of sp³-hybridized carbons (Fsp3) is 0.632. The summed E-state index contributed by atoms with van der Waals surface area (Å²) in [5.74, 6) is -0.157. The molecule has 0 spiro atoms. The van der Waals surface area contributed by atoms with Crippen molar-refractivity contribution in [2.24, 2.45) is 0 Å². The second-order valence-corrected chi connectivity index (χ2v) is 6.41. The Kier molecular flexibility index (Phi) is 10.5. The van der Waals surface area contributed by atoms with E-state index in [1.807, 2.05) is 6.07 Å². The highest BCUT2D eigenvalue weighted by molar-refractivity contribution is 5.94. The highest BCUT2D eigenvalue weighted by Crippen LogP contribution is 2.21. The molecule has 1 saturated heterocycles. The van der Waals surface area contributed by atoms with E-state index in [4.69, 9.17) is 24.1 Å². The van der Waals surface area contributed by atoms with Crippen molar-refractivity contribution < 1.29 is 44.2 Å². The van der Waals surface area contributed by atoms with Crippen LogP contribution in [-0.4, -0.2) is 103 Å². The van der Waals surface area contributed by atoms with Gasteiger partial charge in [0.25, 0.3) is 5.91 Å². The van der Waals surface area contributed by atoms with Crippen LogP contribution in [0.4, 0.5) is 0 Å². The zero-order valence-corrected chi connectivity index (χ0v) is 16.1. The Morgan fingerprint density at radius 1 is 0.931 bits per heavy atom. The maximum absolute atomic E-state index is 11.8. The minimum absolute atomic E-state index is 0.0792. The summed E-state index contributed by atoms with van der Waals surface area (Å²) in [4.78, 5) is 11.8. The van der Waals surface area contributed by atoms with Crippen molar-refractivity contribution >= 4 is 5.91 Å². The lowest BCUT2D eigenvalue weighted by atomic mass is 9.99. The molecule has 5 atom stereocenters. The van der Waals surface area contributed by atoms with Gasteiger partial charge in [-0.3, -0.25) is 4.79 Å². The molecule has 1 amide bonds. The van der Waals surface area contributed by atoms with Gasteiger partial charge in [-0.15, -0.1) is 0 Å². The van der Waals surface area contributed by atoms with Crippen molar-refractivity contribution in [3.63, 3.8) is 0 Å². The smallest absolute Gasteiger partial charge is 0.251 e. The molecule has 164 valence electrons. The molecule has 1 heterocycles. The summed E-state index contributed by atoms with van der Waals surface area (Å²) in [5.41, 5.74) is 0.593. The summed E-state index contributed by atoms with van der Waals surface area (Å²) < 4.78 is 21.2. The first-order valence-electron chi connectivity index (χ1n) is 9.45. The van der Waals surface area contributed by atoms with Gasteiger partial charge in [0.1, 0.15) is 24.4 Å². The van der Waals surface area contributed by atoms with Gasteiger partial charge in [0.05, 0.1) is 39.6 Å². The number of rotatable bonds is 12. The topological polar surface area (TPSA) is 147 Å². The molecular weight excluding hydrogens is 386 g/mol. The summed E-state index contributed by atoms with van der Waals surface area (Å²) >= 11 is 0. The van der Waals surface area contributed by atoms with Crippen LogP contribution in [-0.2, 0) is 18.9 Å². The normalized spacial score (nSPS) is 27.0. The molecule has 1 aromatic rings. The molecule has 0 saturated carbocycles. The van der Waals surface area contributed by atoms with Crippen molar-refractivity contribution in [1.82, 2.24) is 5.32 Å². The molecule has 1 aromatic carbocycles. The van der Waals surface area contributed by atoms with E-state index in [9.17, 15) is 20.1 Å². The minimum Gasteiger partial charge on any atom is -0.394 e. The van der Waals surface area contributed by atoms with Crippen LogP contribution >= 0.6 is 0 Å². The maximum Gasteiger partial charge on any atom is 0.251 e. The summed E-state index contributed by atoms with van der Waals surface area (Å²) in [5, 5.41) is 41.0. The highest BCUT2D eigenvalue weighted by Gasteiger charge is 2.43. The second kappa shape index (κ2) is 12.8. The Labute approximate surface area is 169 Å². The summed E-state index contributed by atoms with van der Waals surface area (Å²) in [7, 11) is 0. The van der Waals surface area contributed by atoms with E-state index in [0.29, 0.717) is 31.9 Å². The van der Waals surface area contributed by atoms with E-state index in [1.165, 1.54) is 0 Å². The van der Waals surface area contributed by atoms with E-state index in [1.54, 1.807) is 24.3 Å². The first kappa shape index (κ1) is 23.6. The number of carbonyl (C=O) groups is 1. The summed E-state index contributed by atoms with van der Waals surface area (Å²) in [6, 6.07) is 8.90. The van der Waals surface area contributed by atoms with Crippen molar-refractivity contribution in [1.29, 1.82) is 0 Å². The fourth-order valence-electron chi connectivity index (χ4n) is 2.68. The molecule has 10 nitrogen and oxygen atoms in total. The minimum atomic E-state index is -1.47. The third-order valence-electron chi connectivity index (χ3n) is 4.30. The number of ether oxygens (including phenoxy) is 4. The predicted molar refractivity (Wildman–Crippen MR) is 100 cm³/mol. The zero-order valence-electron chi connectivity index (χ0n) is 16.1. The van der Waals surface area contributed by atoms with Crippen molar-refractivity contribution in [3.05, 3.63) is 35.9 Å². The number of benzene rings is 1. The zero-order chi connectivity index (χ0) is 21.1. The van der Waals surface area contributed by atoms with E-state index >= 15 is 0 Å². The first-order chi connectivity index (χ1) is 14.0. The fourth-order valence-corrected chi connectivity index (χ4v) is 2.68. The number of aliphatic hydroxyl groups excluding tert-OH is 4. The maximum atomic E-state index is 11.8. The van der Waals surface area contributed by atoms with E-state index in [0.717, 1.165) is 0 Å². The van der Waals surface area contributed by atoms with Gasteiger partial charge in [0.2, 0.25) is 0 Å². The van der Waals surface area contributed by atoms with Crippen molar-refractivity contribution in [3.8, 4) is 0 Å². The molecule has 10 heteroatoms. The highest BCUT2D eigenvalue weighted by atomic mass is 16.7. The van der Waals surface area contributed by atoms with Gasteiger partial charge in [-0.2, -0.15) is 0 Å². The number of hydrogen-bond acceptors (Lipinski definition) is 9. The van der Waals surface area contributed by atoms with Crippen molar-refractivity contribution in [2.45, 2.75) is 30.7 Å². The van der Waals surface area contributed by atoms with Gasteiger partial charge in [-0.25, -0.2) is 0 Å². The van der Waals surface area contributed by atoms with Crippen LogP contribution in [0.25, 0.3) is 0 Å². The average molecular weight is 415 g/mol. The van der Waals surface area contributed by atoms with Gasteiger partial charge in [0, 0.05) is 12.1 Å². The molecule has 1 aliphatic heterocycles. The van der Waals surface area contributed by atoms with Crippen molar-refractivity contribution in [2.75, 3.05) is 46.2 Å².